The Bertz CT molecular complexity index is 642. The fourth-order valence-corrected chi connectivity index (χ4v) is 3.21. The van der Waals surface area contributed by atoms with Gasteiger partial charge in [0.2, 0.25) is 5.78 Å². The molecule has 3 rings (SSSR count). The van der Waals surface area contributed by atoms with Crippen LogP contribution in [0.5, 0.6) is 11.5 Å². The van der Waals surface area contributed by atoms with E-state index in [0.717, 1.165) is 25.9 Å². The first-order chi connectivity index (χ1) is 12.0. The lowest BCUT2D eigenvalue weighted by Gasteiger charge is -2.29. The SMILES string of the molecule is CC(=O)C(=O)N[C@H](CN1CCCC1)[C@H](O)c1ccc2c(c1)OCCO2. The zero-order valence-electron chi connectivity index (χ0n) is 14.4. The fraction of sp³-hybridized carbons (Fsp3) is 0.556. The average molecular weight is 348 g/mol. The molecule has 2 heterocycles. The Morgan fingerprint density at radius 3 is 2.56 bits per heavy atom. The Kier molecular flexibility index (Phi) is 5.55. The highest BCUT2D eigenvalue weighted by atomic mass is 16.6. The first-order valence-electron chi connectivity index (χ1n) is 8.66. The molecule has 1 saturated heterocycles. The second-order valence-electron chi connectivity index (χ2n) is 6.49. The summed E-state index contributed by atoms with van der Waals surface area (Å²) < 4.78 is 11.1. The summed E-state index contributed by atoms with van der Waals surface area (Å²) in [4.78, 5) is 25.4. The molecule has 1 amide bonds. The van der Waals surface area contributed by atoms with Gasteiger partial charge in [0, 0.05) is 13.5 Å². The number of carbonyl (C=O) groups excluding carboxylic acids is 2. The van der Waals surface area contributed by atoms with Crippen LogP contribution < -0.4 is 14.8 Å². The summed E-state index contributed by atoms with van der Waals surface area (Å²) in [6, 6.07) is 4.68. The lowest BCUT2D eigenvalue weighted by Crippen LogP contribution is -2.48. The molecular weight excluding hydrogens is 324 g/mol. The van der Waals surface area contributed by atoms with Gasteiger partial charge in [0.15, 0.2) is 11.5 Å². The number of hydrogen-bond donors (Lipinski definition) is 2. The molecule has 7 heteroatoms. The summed E-state index contributed by atoms with van der Waals surface area (Å²) >= 11 is 0. The lowest BCUT2D eigenvalue weighted by atomic mass is 10.0. The molecule has 1 aromatic carbocycles. The number of fused-ring (bicyclic) bond motifs is 1. The molecule has 2 aliphatic heterocycles. The highest BCUT2D eigenvalue weighted by molar-refractivity contribution is 6.35. The van der Waals surface area contributed by atoms with Crippen LogP contribution in [0.1, 0.15) is 31.4 Å². The molecule has 1 fully saturated rings. The molecule has 0 radical (unpaired) electrons. The maximum absolute atomic E-state index is 11.9. The largest absolute Gasteiger partial charge is 0.486 e. The lowest BCUT2D eigenvalue weighted by molar-refractivity contribution is -0.137. The maximum Gasteiger partial charge on any atom is 0.287 e. The first kappa shape index (κ1) is 17.7. The number of carbonyl (C=O) groups is 2. The van der Waals surface area contributed by atoms with Crippen LogP contribution in [0.15, 0.2) is 18.2 Å². The molecule has 1 aromatic rings. The van der Waals surface area contributed by atoms with Gasteiger partial charge in [-0.3, -0.25) is 9.59 Å². The van der Waals surface area contributed by atoms with Crippen molar-refractivity contribution in [3.63, 3.8) is 0 Å². The fourth-order valence-electron chi connectivity index (χ4n) is 3.21. The number of nitrogens with zero attached hydrogens (tertiary/aromatic N) is 1. The number of aliphatic hydroxyl groups excluding tert-OH is 1. The van der Waals surface area contributed by atoms with Crippen molar-refractivity contribution in [3.05, 3.63) is 23.8 Å². The van der Waals surface area contributed by atoms with Crippen molar-refractivity contribution >= 4 is 11.7 Å². The number of ketones is 1. The van der Waals surface area contributed by atoms with Crippen molar-refractivity contribution in [3.8, 4) is 11.5 Å². The van der Waals surface area contributed by atoms with E-state index in [1.54, 1.807) is 18.2 Å². The molecule has 0 bridgehead atoms. The van der Waals surface area contributed by atoms with Gasteiger partial charge in [-0.25, -0.2) is 0 Å². The summed E-state index contributed by atoms with van der Waals surface area (Å²) in [5.41, 5.74) is 0.622. The molecule has 0 aromatic heterocycles. The number of amides is 1. The van der Waals surface area contributed by atoms with Gasteiger partial charge in [0.25, 0.3) is 5.91 Å². The van der Waals surface area contributed by atoms with E-state index in [0.29, 0.717) is 36.8 Å². The van der Waals surface area contributed by atoms with Gasteiger partial charge in [-0.2, -0.15) is 0 Å². The Morgan fingerprint density at radius 1 is 1.20 bits per heavy atom. The highest BCUT2D eigenvalue weighted by Crippen LogP contribution is 2.33. The van der Waals surface area contributed by atoms with Crippen molar-refractivity contribution in [2.75, 3.05) is 32.8 Å². The highest BCUT2D eigenvalue weighted by Gasteiger charge is 2.28. The summed E-state index contributed by atoms with van der Waals surface area (Å²) in [6.07, 6.45) is 1.26. The minimum Gasteiger partial charge on any atom is -0.486 e. The Hall–Kier alpha value is -2.12. The van der Waals surface area contributed by atoms with Crippen molar-refractivity contribution in [1.29, 1.82) is 0 Å². The molecule has 0 spiro atoms. The number of ether oxygens (including phenoxy) is 2. The van der Waals surface area contributed by atoms with Gasteiger partial charge in [-0.05, 0) is 43.6 Å². The topological polar surface area (TPSA) is 88.1 Å². The van der Waals surface area contributed by atoms with E-state index in [4.69, 9.17) is 9.47 Å². The monoisotopic (exact) mass is 348 g/mol. The molecule has 25 heavy (non-hydrogen) atoms. The van der Waals surface area contributed by atoms with Crippen LogP contribution in [0.25, 0.3) is 0 Å². The van der Waals surface area contributed by atoms with Gasteiger partial charge >= 0.3 is 0 Å². The standard InChI is InChI=1S/C18H24N2O5/c1-12(21)18(23)19-14(11-20-6-2-3-7-20)17(22)13-4-5-15-16(10-13)25-9-8-24-15/h4-5,10,14,17,22H,2-3,6-9,11H2,1H3,(H,19,23)/t14-,17-/m1/s1. The molecule has 0 aliphatic carbocycles. The van der Waals surface area contributed by atoms with Gasteiger partial charge in [0.05, 0.1) is 6.04 Å². The summed E-state index contributed by atoms with van der Waals surface area (Å²) in [5.74, 6) is -0.0201. The van der Waals surface area contributed by atoms with Crippen LogP contribution in [-0.2, 0) is 9.59 Å². The second kappa shape index (κ2) is 7.84. The quantitative estimate of drug-likeness (QED) is 0.735. The minimum absolute atomic E-state index is 0.463. The third-order valence-electron chi connectivity index (χ3n) is 4.58. The first-order valence-corrected chi connectivity index (χ1v) is 8.66. The van der Waals surface area contributed by atoms with Crippen LogP contribution in [0.2, 0.25) is 0 Å². The van der Waals surface area contributed by atoms with E-state index >= 15 is 0 Å². The minimum atomic E-state index is -0.945. The molecule has 2 aliphatic rings. The van der Waals surface area contributed by atoms with Crippen LogP contribution in [0.3, 0.4) is 0 Å². The Morgan fingerprint density at radius 2 is 1.88 bits per heavy atom. The second-order valence-corrected chi connectivity index (χ2v) is 6.49. The Balaban J connectivity index is 1.77. The van der Waals surface area contributed by atoms with E-state index in [-0.39, 0.29) is 0 Å². The third-order valence-corrected chi connectivity index (χ3v) is 4.58. The van der Waals surface area contributed by atoms with Crippen molar-refractivity contribution in [2.45, 2.75) is 31.9 Å². The van der Waals surface area contributed by atoms with Gasteiger partial charge in [-0.1, -0.05) is 6.07 Å². The number of nitrogens with one attached hydrogen (secondary N) is 1. The predicted molar refractivity (Wildman–Crippen MR) is 90.7 cm³/mol. The van der Waals surface area contributed by atoms with Crippen molar-refractivity contribution in [1.82, 2.24) is 10.2 Å². The molecule has 7 nitrogen and oxygen atoms in total. The maximum atomic E-state index is 11.9. The van der Waals surface area contributed by atoms with Gasteiger partial charge < -0.3 is 24.8 Å². The number of aliphatic hydroxyl groups is 1. The molecule has 0 unspecified atom stereocenters. The number of rotatable bonds is 6. The van der Waals surface area contributed by atoms with Gasteiger partial charge in [-0.15, -0.1) is 0 Å². The zero-order chi connectivity index (χ0) is 17.8. The van der Waals surface area contributed by atoms with E-state index in [1.165, 1.54) is 6.92 Å². The molecule has 2 atom stereocenters. The third kappa shape index (κ3) is 4.29. The van der Waals surface area contributed by atoms with Crippen molar-refractivity contribution in [2.24, 2.45) is 0 Å². The summed E-state index contributed by atoms with van der Waals surface area (Å²) in [5, 5.41) is 13.5. The summed E-state index contributed by atoms with van der Waals surface area (Å²) in [7, 11) is 0. The molecule has 2 N–H and O–H groups in total. The van der Waals surface area contributed by atoms with Crippen LogP contribution in [0, 0.1) is 0 Å². The van der Waals surface area contributed by atoms with Gasteiger partial charge in [0.1, 0.15) is 19.3 Å². The van der Waals surface area contributed by atoms with Crippen molar-refractivity contribution < 1.29 is 24.2 Å². The van der Waals surface area contributed by atoms with Crippen LogP contribution in [-0.4, -0.2) is 60.6 Å². The molecule has 0 saturated carbocycles. The summed E-state index contributed by atoms with van der Waals surface area (Å²) in [6.45, 7) is 4.54. The van der Waals surface area contributed by atoms with Crippen LogP contribution >= 0.6 is 0 Å². The van der Waals surface area contributed by atoms with Crippen LogP contribution in [0.4, 0.5) is 0 Å². The Labute approximate surface area is 146 Å². The zero-order valence-corrected chi connectivity index (χ0v) is 14.4. The van der Waals surface area contributed by atoms with E-state index in [2.05, 4.69) is 10.2 Å². The van der Waals surface area contributed by atoms with E-state index < -0.39 is 23.8 Å². The molecule has 136 valence electrons. The normalized spacial score (nSPS) is 19.3. The van der Waals surface area contributed by atoms with E-state index in [9.17, 15) is 14.7 Å². The average Bonchev–Trinajstić information content (AvgIpc) is 3.13. The predicted octanol–water partition coefficient (Wildman–Crippen LogP) is 0.661. The number of benzene rings is 1. The smallest absolute Gasteiger partial charge is 0.287 e. The van der Waals surface area contributed by atoms with E-state index in [1.807, 2.05) is 0 Å². The number of Topliss-reactive ketones (excluding diaryl/α,β-unsaturated/α-hetero) is 1. The number of likely N-dealkylation sites (tertiary alicyclic amines) is 1. The molecular formula is C18H24N2O5. The number of hydrogen-bond acceptors (Lipinski definition) is 6.